The monoisotopic (exact) mass is 413 g/mol. The van der Waals surface area contributed by atoms with Crippen LogP contribution in [0.5, 0.6) is 5.75 Å². The highest BCUT2D eigenvalue weighted by molar-refractivity contribution is 6.13. The average Bonchev–Trinajstić information content (AvgIpc) is 3.22. The Morgan fingerprint density at radius 3 is 2.74 bits per heavy atom. The number of nitrogens with one attached hydrogen (secondary N) is 1. The molecule has 0 aliphatic carbocycles. The number of aryl methyl sites for hydroxylation is 1. The molecule has 0 radical (unpaired) electrons. The van der Waals surface area contributed by atoms with Crippen molar-refractivity contribution in [3.63, 3.8) is 0 Å². The number of aromatic nitrogens is 1. The molecule has 154 valence electrons. The summed E-state index contributed by atoms with van der Waals surface area (Å²) < 4.78 is 11.2. The van der Waals surface area contributed by atoms with Gasteiger partial charge in [0.15, 0.2) is 12.4 Å². The van der Waals surface area contributed by atoms with Crippen molar-refractivity contribution in [2.45, 2.75) is 6.92 Å². The first-order valence-corrected chi connectivity index (χ1v) is 9.81. The summed E-state index contributed by atoms with van der Waals surface area (Å²) in [5.74, 6) is 1.54. The third-order valence-electron chi connectivity index (χ3n) is 5.26. The van der Waals surface area contributed by atoms with E-state index in [-0.39, 0.29) is 18.4 Å². The van der Waals surface area contributed by atoms with E-state index in [4.69, 9.17) is 9.15 Å². The number of rotatable bonds is 3. The van der Waals surface area contributed by atoms with E-state index in [1.54, 1.807) is 31.3 Å². The lowest BCUT2D eigenvalue weighted by atomic mass is 10.1. The van der Waals surface area contributed by atoms with Gasteiger partial charge in [0.2, 0.25) is 0 Å². The summed E-state index contributed by atoms with van der Waals surface area (Å²) in [7, 11) is 1.68. The normalized spacial score (nSPS) is 13.1. The van der Waals surface area contributed by atoms with Gasteiger partial charge in [0.1, 0.15) is 17.2 Å². The van der Waals surface area contributed by atoms with E-state index in [2.05, 4.69) is 10.3 Å². The topological polar surface area (TPSA) is 84.7 Å². The minimum atomic E-state index is -0.284. The quantitative estimate of drug-likeness (QED) is 0.538. The first-order valence-electron chi connectivity index (χ1n) is 9.81. The SMILES string of the molecule is Cc1ccc(-c2cc(C(=O)Nc3ccc4c(c3)N(C)C(=O)CO4)c3ccccc3n2)o1. The van der Waals surface area contributed by atoms with Gasteiger partial charge in [-0.25, -0.2) is 4.98 Å². The van der Waals surface area contributed by atoms with Gasteiger partial charge in [-0.1, -0.05) is 18.2 Å². The van der Waals surface area contributed by atoms with Gasteiger partial charge in [-0.3, -0.25) is 9.59 Å². The lowest BCUT2D eigenvalue weighted by molar-refractivity contribution is -0.120. The van der Waals surface area contributed by atoms with Gasteiger partial charge < -0.3 is 19.4 Å². The highest BCUT2D eigenvalue weighted by Crippen LogP contribution is 2.34. The van der Waals surface area contributed by atoms with Gasteiger partial charge in [-0.2, -0.15) is 0 Å². The number of para-hydroxylation sites is 1. The summed E-state index contributed by atoms with van der Waals surface area (Å²) in [6, 6.07) is 18.1. The van der Waals surface area contributed by atoms with Crippen molar-refractivity contribution < 1.29 is 18.7 Å². The molecule has 1 aliphatic rings. The molecule has 0 spiro atoms. The number of ether oxygens (including phenoxy) is 1. The molecular weight excluding hydrogens is 394 g/mol. The molecule has 0 saturated carbocycles. The van der Waals surface area contributed by atoms with Gasteiger partial charge in [0, 0.05) is 18.1 Å². The van der Waals surface area contributed by atoms with Crippen molar-refractivity contribution in [2.24, 2.45) is 0 Å². The molecule has 7 nitrogen and oxygen atoms in total. The second-order valence-electron chi connectivity index (χ2n) is 7.36. The van der Waals surface area contributed by atoms with Crippen molar-refractivity contribution in [3.8, 4) is 17.2 Å². The van der Waals surface area contributed by atoms with Crippen LogP contribution >= 0.6 is 0 Å². The summed E-state index contributed by atoms with van der Waals surface area (Å²) in [6.07, 6.45) is 0. The Morgan fingerprint density at radius 2 is 1.94 bits per heavy atom. The van der Waals surface area contributed by atoms with Crippen LogP contribution in [0.25, 0.3) is 22.4 Å². The molecule has 4 aromatic rings. The fraction of sp³-hybridized carbons (Fsp3) is 0.125. The molecule has 0 atom stereocenters. The number of anilines is 2. The first kappa shape index (κ1) is 18.9. The molecule has 1 N–H and O–H groups in total. The van der Waals surface area contributed by atoms with Crippen LogP contribution in [0.1, 0.15) is 16.1 Å². The molecule has 3 heterocycles. The highest BCUT2D eigenvalue weighted by Gasteiger charge is 2.23. The minimum absolute atomic E-state index is 0.00718. The number of pyridine rings is 1. The standard InChI is InChI=1S/C24H19N3O4/c1-14-7-9-21(31-14)19-12-17(16-5-3-4-6-18(16)26-19)24(29)25-15-8-10-22-20(11-15)27(2)23(28)13-30-22/h3-12H,13H2,1-2H3,(H,25,29). The molecule has 0 unspecified atom stereocenters. The lowest BCUT2D eigenvalue weighted by Gasteiger charge is -2.26. The molecular formula is C24H19N3O4. The zero-order chi connectivity index (χ0) is 21.5. The molecule has 2 aromatic heterocycles. The number of fused-ring (bicyclic) bond motifs is 2. The predicted octanol–water partition coefficient (Wildman–Crippen LogP) is 4.41. The lowest BCUT2D eigenvalue weighted by Crippen LogP contribution is -2.35. The van der Waals surface area contributed by atoms with E-state index in [1.807, 2.05) is 43.3 Å². The number of amides is 2. The third kappa shape index (κ3) is 3.40. The predicted molar refractivity (Wildman–Crippen MR) is 117 cm³/mol. The second-order valence-corrected chi connectivity index (χ2v) is 7.36. The summed E-state index contributed by atoms with van der Waals surface area (Å²) in [5, 5.41) is 3.67. The van der Waals surface area contributed by atoms with Crippen LogP contribution in [-0.2, 0) is 4.79 Å². The van der Waals surface area contributed by atoms with E-state index in [9.17, 15) is 9.59 Å². The molecule has 1 aliphatic heterocycles. The van der Waals surface area contributed by atoms with Gasteiger partial charge in [-0.05, 0) is 49.4 Å². The molecule has 7 heteroatoms. The zero-order valence-electron chi connectivity index (χ0n) is 17.0. The second kappa shape index (κ2) is 7.28. The number of nitrogens with zero attached hydrogens (tertiary/aromatic N) is 2. The fourth-order valence-corrected chi connectivity index (χ4v) is 3.61. The minimum Gasteiger partial charge on any atom is -0.482 e. The molecule has 0 saturated heterocycles. The van der Waals surface area contributed by atoms with E-state index in [1.165, 1.54) is 4.90 Å². The number of carbonyl (C=O) groups is 2. The number of benzene rings is 2. The van der Waals surface area contributed by atoms with Crippen LogP contribution in [0.2, 0.25) is 0 Å². The van der Waals surface area contributed by atoms with Crippen LogP contribution in [0.4, 0.5) is 11.4 Å². The Bertz CT molecular complexity index is 1340. The van der Waals surface area contributed by atoms with E-state index in [0.717, 1.165) is 11.1 Å². The van der Waals surface area contributed by atoms with Gasteiger partial charge in [0.05, 0.1) is 16.8 Å². The number of likely N-dealkylation sites (N-methyl/N-ethyl adjacent to an activating group) is 1. The summed E-state index contributed by atoms with van der Waals surface area (Å²) >= 11 is 0. The van der Waals surface area contributed by atoms with Crippen LogP contribution in [0.15, 0.2) is 65.1 Å². The van der Waals surface area contributed by atoms with Crippen molar-refractivity contribution >= 4 is 34.1 Å². The Labute approximate surface area is 178 Å². The Morgan fingerprint density at radius 1 is 1.10 bits per heavy atom. The zero-order valence-corrected chi connectivity index (χ0v) is 17.0. The highest BCUT2D eigenvalue weighted by atomic mass is 16.5. The number of hydrogen-bond donors (Lipinski definition) is 1. The summed E-state index contributed by atoms with van der Waals surface area (Å²) in [6.45, 7) is 1.87. The average molecular weight is 413 g/mol. The van der Waals surface area contributed by atoms with E-state index >= 15 is 0 Å². The van der Waals surface area contributed by atoms with Crippen LogP contribution in [-0.4, -0.2) is 30.5 Å². The van der Waals surface area contributed by atoms with Crippen molar-refractivity contribution in [3.05, 3.63) is 72.0 Å². The van der Waals surface area contributed by atoms with Crippen LogP contribution in [0, 0.1) is 6.92 Å². The molecule has 31 heavy (non-hydrogen) atoms. The Kier molecular flexibility index (Phi) is 4.43. The summed E-state index contributed by atoms with van der Waals surface area (Å²) in [5.41, 5.74) is 2.93. The smallest absolute Gasteiger partial charge is 0.264 e. The summed E-state index contributed by atoms with van der Waals surface area (Å²) in [4.78, 5) is 31.4. The maximum atomic E-state index is 13.2. The fourth-order valence-electron chi connectivity index (χ4n) is 3.61. The van der Waals surface area contributed by atoms with Crippen molar-refractivity contribution in [1.29, 1.82) is 0 Å². The molecule has 5 rings (SSSR count). The molecule has 2 aromatic carbocycles. The Balaban J connectivity index is 1.53. The molecule has 2 amide bonds. The largest absolute Gasteiger partial charge is 0.482 e. The maximum Gasteiger partial charge on any atom is 0.264 e. The molecule has 0 bridgehead atoms. The maximum absolute atomic E-state index is 13.2. The van der Waals surface area contributed by atoms with Gasteiger partial charge in [-0.15, -0.1) is 0 Å². The van der Waals surface area contributed by atoms with Gasteiger partial charge in [0.25, 0.3) is 11.8 Å². The van der Waals surface area contributed by atoms with E-state index in [0.29, 0.717) is 39.7 Å². The number of furan rings is 1. The van der Waals surface area contributed by atoms with Crippen LogP contribution in [0.3, 0.4) is 0 Å². The number of carbonyl (C=O) groups excluding carboxylic acids is 2. The van der Waals surface area contributed by atoms with Crippen molar-refractivity contribution in [1.82, 2.24) is 4.98 Å². The van der Waals surface area contributed by atoms with Gasteiger partial charge >= 0.3 is 0 Å². The Hall–Kier alpha value is -4.13. The van der Waals surface area contributed by atoms with Crippen LogP contribution < -0.4 is 15.0 Å². The third-order valence-corrected chi connectivity index (χ3v) is 5.26. The molecule has 0 fully saturated rings. The first-order chi connectivity index (χ1) is 15.0. The van der Waals surface area contributed by atoms with Crippen molar-refractivity contribution in [2.75, 3.05) is 23.9 Å². The number of hydrogen-bond acceptors (Lipinski definition) is 5. The van der Waals surface area contributed by atoms with E-state index < -0.39 is 0 Å².